The van der Waals surface area contributed by atoms with Crippen molar-refractivity contribution in [1.82, 2.24) is 10.2 Å². The van der Waals surface area contributed by atoms with Crippen molar-refractivity contribution >= 4 is 5.69 Å². The van der Waals surface area contributed by atoms with Crippen molar-refractivity contribution in [2.24, 2.45) is 0 Å². The molecule has 2 heterocycles. The molecule has 1 aliphatic heterocycles. The molecule has 0 amide bonds. The number of hydrogen-bond donors (Lipinski definition) is 1. The van der Waals surface area contributed by atoms with Crippen molar-refractivity contribution in [1.29, 1.82) is 5.26 Å². The number of anilines is 1. The minimum absolute atomic E-state index is 0.595. The van der Waals surface area contributed by atoms with Gasteiger partial charge in [0, 0.05) is 36.6 Å². The molecule has 0 bridgehead atoms. The van der Waals surface area contributed by atoms with Crippen LogP contribution in [-0.2, 0) is 0 Å². The second-order valence-electron chi connectivity index (χ2n) is 4.93. The summed E-state index contributed by atoms with van der Waals surface area (Å²) < 4.78 is 0. The van der Waals surface area contributed by atoms with Crippen LogP contribution in [-0.4, -0.2) is 23.3 Å². The van der Waals surface area contributed by atoms with Gasteiger partial charge in [0.2, 0.25) is 0 Å². The van der Waals surface area contributed by atoms with E-state index >= 15 is 0 Å². The van der Waals surface area contributed by atoms with Crippen LogP contribution in [0.3, 0.4) is 0 Å². The summed E-state index contributed by atoms with van der Waals surface area (Å²) in [6.07, 6.45) is 4.10. The number of piperidine rings is 1. The third-order valence-corrected chi connectivity index (χ3v) is 3.82. The zero-order chi connectivity index (χ0) is 13.1. The van der Waals surface area contributed by atoms with Crippen LogP contribution >= 0.6 is 0 Å². The standard InChI is InChI=1S/C15H16N4/c16-11-12-1-3-14(4-2-12)19-9-6-13(7-10-19)15-5-8-17-18-15/h1-5,8,13H,6-7,9-10H2,(H,17,18). The summed E-state index contributed by atoms with van der Waals surface area (Å²) >= 11 is 0. The Morgan fingerprint density at radius 1 is 1.16 bits per heavy atom. The van der Waals surface area contributed by atoms with E-state index < -0.39 is 0 Å². The van der Waals surface area contributed by atoms with Crippen LogP contribution in [0.2, 0.25) is 0 Å². The molecular formula is C15H16N4. The van der Waals surface area contributed by atoms with Gasteiger partial charge < -0.3 is 4.90 Å². The molecule has 19 heavy (non-hydrogen) atoms. The van der Waals surface area contributed by atoms with Gasteiger partial charge >= 0.3 is 0 Å². The SMILES string of the molecule is N#Cc1ccc(N2CCC(c3ccn[nH]3)CC2)cc1. The highest BCUT2D eigenvalue weighted by molar-refractivity contribution is 5.50. The number of hydrogen-bond acceptors (Lipinski definition) is 3. The Kier molecular flexibility index (Phi) is 3.20. The number of benzene rings is 1. The second-order valence-corrected chi connectivity index (χ2v) is 4.93. The summed E-state index contributed by atoms with van der Waals surface area (Å²) in [5, 5.41) is 15.9. The van der Waals surface area contributed by atoms with Crippen LogP contribution in [0, 0.1) is 11.3 Å². The fourth-order valence-electron chi connectivity index (χ4n) is 2.69. The van der Waals surface area contributed by atoms with Crippen LogP contribution < -0.4 is 4.90 Å². The Labute approximate surface area is 112 Å². The van der Waals surface area contributed by atoms with Crippen molar-refractivity contribution in [3.63, 3.8) is 0 Å². The first-order chi connectivity index (χ1) is 9.36. The average Bonchev–Trinajstić information content (AvgIpc) is 3.02. The summed E-state index contributed by atoms with van der Waals surface area (Å²) in [5.74, 6) is 0.595. The second kappa shape index (κ2) is 5.15. The quantitative estimate of drug-likeness (QED) is 0.894. The lowest BCUT2D eigenvalue weighted by atomic mass is 9.93. The molecule has 1 fully saturated rings. The van der Waals surface area contributed by atoms with E-state index in [1.165, 1.54) is 11.4 Å². The summed E-state index contributed by atoms with van der Waals surface area (Å²) in [6, 6.07) is 12.1. The molecule has 1 aliphatic rings. The number of nitrogens with one attached hydrogen (secondary N) is 1. The highest BCUT2D eigenvalue weighted by Crippen LogP contribution is 2.29. The molecule has 1 N–H and O–H groups in total. The Balaban J connectivity index is 1.65. The Hall–Kier alpha value is -2.28. The van der Waals surface area contributed by atoms with Gasteiger partial charge in [-0.25, -0.2) is 0 Å². The number of aromatic amines is 1. The van der Waals surface area contributed by atoms with Gasteiger partial charge in [-0.1, -0.05) is 0 Å². The molecule has 0 radical (unpaired) electrons. The highest BCUT2D eigenvalue weighted by atomic mass is 15.1. The fourth-order valence-corrected chi connectivity index (χ4v) is 2.69. The Morgan fingerprint density at radius 2 is 1.89 bits per heavy atom. The van der Waals surface area contributed by atoms with Gasteiger partial charge in [-0.3, -0.25) is 5.10 Å². The molecule has 0 unspecified atom stereocenters. The molecule has 0 saturated carbocycles. The van der Waals surface area contributed by atoms with E-state index in [-0.39, 0.29) is 0 Å². The molecule has 4 nitrogen and oxygen atoms in total. The summed E-state index contributed by atoms with van der Waals surface area (Å²) in [4.78, 5) is 2.38. The number of nitriles is 1. The number of H-pyrrole nitrogens is 1. The van der Waals surface area contributed by atoms with Gasteiger partial charge in [-0.15, -0.1) is 0 Å². The Morgan fingerprint density at radius 3 is 2.47 bits per heavy atom. The normalized spacial score (nSPS) is 16.3. The van der Waals surface area contributed by atoms with Crippen LogP contribution in [0.15, 0.2) is 36.5 Å². The van der Waals surface area contributed by atoms with E-state index in [4.69, 9.17) is 5.26 Å². The number of aromatic nitrogens is 2. The lowest BCUT2D eigenvalue weighted by Gasteiger charge is -2.33. The van der Waals surface area contributed by atoms with Crippen molar-refractivity contribution in [2.75, 3.05) is 18.0 Å². The van der Waals surface area contributed by atoms with Gasteiger partial charge in [0.15, 0.2) is 0 Å². The molecule has 1 aromatic carbocycles. The molecule has 0 atom stereocenters. The molecule has 96 valence electrons. The van der Waals surface area contributed by atoms with Gasteiger partial charge in [0.1, 0.15) is 0 Å². The van der Waals surface area contributed by atoms with E-state index in [0.717, 1.165) is 31.5 Å². The smallest absolute Gasteiger partial charge is 0.0991 e. The zero-order valence-electron chi connectivity index (χ0n) is 10.7. The van der Waals surface area contributed by atoms with Crippen LogP contribution in [0.5, 0.6) is 0 Å². The maximum absolute atomic E-state index is 8.81. The maximum Gasteiger partial charge on any atom is 0.0991 e. The van der Waals surface area contributed by atoms with Crippen LogP contribution in [0.25, 0.3) is 0 Å². The van der Waals surface area contributed by atoms with Gasteiger partial charge in [0.25, 0.3) is 0 Å². The third kappa shape index (κ3) is 2.45. The minimum Gasteiger partial charge on any atom is -0.371 e. The molecule has 3 rings (SSSR count). The van der Waals surface area contributed by atoms with Gasteiger partial charge in [0.05, 0.1) is 11.6 Å². The fraction of sp³-hybridized carbons (Fsp3) is 0.333. The molecule has 4 heteroatoms. The first-order valence-corrected chi connectivity index (χ1v) is 6.61. The van der Waals surface area contributed by atoms with E-state index in [1.54, 1.807) is 0 Å². The van der Waals surface area contributed by atoms with Crippen molar-refractivity contribution in [3.05, 3.63) is 47.8 Å². The molecule has 0 spiro atoms. The lowest BCUT2D eigenvalue weighted by molar-refractivity contribution is 0.495. The molecule has 0 aliphatic carbocycles. The van der Waals surface area contributed by atoms with Crippen LogP contribution in [0.4, 0.5) is 5.69 Å². The Bertz CT molecular complexity index is 557. The van der Waals surface area contributed by atoms with Crippen LogP contribution in [0.1, 0.15) is 30.0 Å². The topological polar surface area (TPSA) is 55.7 Å². The summed E-state index contributed by atoms with van der Waals surface area (Å²) in [6.45, 7) is 2.10. The monoisotopic (exact) mass is 252 g/mol. The first-order valence-electron chi connectivity index (χ1n) is 6.61. The first kappa shape index (κ1) is 11.8. The van der Waals surface area contributed by atoms with Crippen molar-refractivity contribution < 1.29 is 0 Å². The molecular weight excluding hydrogens is 236 g/mol. The molecule has 2 aromatic rings. The largest absolute Gasteiger partial charge is 0.371 e. The van der Waals surface area contributed by atoms with E-state index in [9.17, 15) is 0 Å². The predicted octanol–water partition coefficient (Wildman–Crippen LogP) is 2.67. The molecule has 1 aromatic heterocycles. The zero-order valence-corrected chi connectivity index (χ0v) is 10.7. The van der Waals surface area contributed by atoms with E-state index in [2.05, 4.69) is 27.2 Å². The number of nitrogens with zero attached hydrogens (tertiary/aromatic N) is 3. The van der Waals surface area contributed by atoms with Gasteiger partial charge in [-0.05, 0) is 43.2 Å². The minimum atomic E-state index is 0.595. The highest BCUT2D eigenvalue weighted by Gasteiger charge is 2.21. The van der Waals surface area contributed by atoms with Gasteiger partial charge in [-0.2, -0.15) is 10.4 Å². The van der Waals surface area contributed by atoms with Crippen molar-refractivity contribution in [3.8, 4) is 6.07 Å². The number of rotatable bonds is 2. The summed E-state index contributed by atoms with van der Waals surface area (Å²) in [5.41, 5.74) is 3.18. The van der Waals surface area contributed by atoms with E-state index in [1.807, 2.05) is 30.5 Å². The maximum atomic E-state index is 8.81. The third-order valence-electron chi connectivity index (χ3n) is 3.82. The molecule has 1 saturated heterocycles. The average molecular weight is 252 g/mol. The lowest BCUT2D eigenvalue weighted by Crippen LogP contribution is -2.32. The van der Waals surface area contributed by atoms with E-state index in [0.29, 0.717) is 5.92 Å². The van der Waals surface area contributed by atoms with Crippen molar-refractivity contribution in [2.45, 2.75) is 18.8 Å². The predicted molar refractivity (Wildman–Crippen MR) is 73.9 cm³/mol. The summed E-state index contributed by atoms with van der Waals surface area (Å²) in [7, 11) is 0.